The predicted molar refractivity (Wildman–Crippen MR) is 121 cm³/mol. The van der Waals surface area contributed by atoms with Gasteiger partial charge in [-0.3, -0.25) is 0 Å². The lowest BCUT2D eigenvalue weighted by Gasteiger charge is -2.29. The molecule has 1 fully saturated rings. The molecule has 2 aromatic carbocycles. The fraction of sp³-hybridized carbons (Fsp3) is 0.417. The SMILES string of the molecule is CCc1cc(Cn2c(N3CCNCC3)nc3c(OC(=O)C(F)(F)F)c(C)c(C)cc32)ccc1F. The van der Waals surface area contributed by atoms with E-state index in [9.17, 15) is 22.4 Å². The van der Waals surface area contributed by atoms with Crippen molar-refractivity contribution >= 4 is 23.0 Å². The molecule has 0 atom stereocenters. The van der Waals surface area contributed by atoms with E-state index in [1.165, 1.54) is 6.07 Å². The van der Waals surface area contributed by atoms with Crippen molar-refractivity contribution in [3.8, 4) is 5.75 Å². The number of esters is 1. The zero-order valence-electron chi connectivity index (χ0n) is 19.2. The number of nitrogens with one attached hydrogen (secondary N) is 1. The number of rotatable bonds is 5. The average molecular weight is 478 g/mol. The van der Waals surface area contributed by atoms with Crippen molar-refractivity contribution in [2.45, 2.75) is 39.9 Å². The fourth-order valence-electron chi connectivity index (χ4n) is 4.15. The van der Waals surface area contributed by atoms with Crippen LogP contribution in [-0.4, -0.2) is 47.9 Å². The Morgan fingerprint density at radius 3 is 2.53 bits per heavy atom. The van der Waals surface area contributed by atoms with Crippen LogP contribution in [0.2, 0.25) is 0 Å². The Morgan fingerprint density at radius 1 is 1.18 bits per heavy atom. The number of ether oxygens (including phenoxy) is 1. The highest BCUT2D eigenvalue weighted by atomic mass is 19.4. The van der Waals surface area contributed by atoms with Gasteiger partial charge < -0.3 is 19.5 Å². The number of hydrogen-bond acceptors (Lipinski definition) is 5. The summed E-state index contributed by atoms with van der Waals surface area (Å²) in [6.45, 7) is 8.32. The number of carbonyl (C=O) groups excluding carboxylic acids is 1. The van der Waals surface area contributed by atoms with Crippen molar-refractivity contribution < 1.29 is 27.1 Å². The van der Waals surface area contributed by atoms with Crippen LogP contribution < -0.4 is 15.0 Å². The molecule has 1 aromatic heterocycles. The van der Waals surface area contributed by atoms with Crippen LogP contribution in [-0.2, 0) is 17.8 Å². The smallest absolute Gasteiger partial charge is 0.417 e. The summed E-state index contributed by atoms with van der Waals surface area (Å²) in [6.07, 6.45) is -4.60. The zero-order chi connectivity index (χ0) is 24.6. The second-order valence-electron chi connectivity index (χ2n) is 8.42. The van der Waals surface area contributed by atoms with Crippen LogP contribution in [0.1, 0.15) is 29.2 Å². The van der Waals surface area contributed by atoms with E-state index < -0.39 is 12.1 Å². The number of alkyl halides is 3. The molecular formula is C24H26F4N4O2. The summed E-state index contributed by atoms with van der Waals surface area (Å²) in [5, 5.41) is 3.27. The van der Waals surface area contributed by atoms with Gasteiger partial charge in [-0.1, -0.05) is 19.1 Å². The third-order valence-corrected chi connectivity index (χ3v) is 6.14. The second-order valence-corrected chi connectivity index (χ2v) is 8.42. The van der Waals surface area contributed by atoms with Crippen molar-refractivity contribution in [1.29, 1.82) is 0 Å². The van der Waals surface area contributed by atoms with Crippen molar-refractivity contribution in [1.82, 2.24) is 14.9 Å². The van der Waals surface area contributed by atoms with E-state index in [4.69, 9.17) is 4.74 Å². The van der Waals surface area contributed by atoms with Gasteiger partial charge >= 0.3 is 12.1 Å². The number of fused-ring (bicyclic) bond motifs is 1. The number of carbonyl (C=O) groups is 1. The first-order valence-electron chi connectivity index (χ1n) is 11.1. The normalized spacial score (nSPS) is 14.6. The van der Waals surface area contributed by atoms with Crippen LogP contribution in [0.25, 0.3) is 11.0 Å². The highest BCUT2D eigenvalue weighted by Crippen LogP contribution is 2.36. The van der Waals surface area contributed by atoms with Crippen molar-refractivity contribution in [3.63, 3.8) is 0 Å². The number of hydrogen-bond donors (Lipinski definition) is 1. The monoisotopic (exact) mass is 478 g/mol. The zero-order valence-corrected chi connectivity index (χ0v) is 19.2. The molecule has 3 aromatic rings. The number of nitrogens with zero attached hydrogens (tertiary/aromatic N) is 3. The van der Waals surface area contributed by atoms with Crippen molar-refractivity contribution in [3.05, 3.63) is 52.3 Å². The Hall–Kier alpha value is -3.14. The molecule has 10 heteroatoms. The molecule has 0 bridgehead atoms. The molecule has 1 saturated heterocycles. The summed E-state index contributed by atoms with van der Waals surface area (Å²) in [5.74, 6) is -2.20. The highest BCUT2D eigenvalue weighted by molar-refractivity contribution is 5.91. The minimum atomic E-state index is -5.13. The summed E-state index contributed by atoms with van der Waals surface area (Å²) in [6, 6.07) is 6.73. The van der Waals surface area contributed by atoms with Crippen LogP contribution >= 0.6 is 0 Å². The molecule has 182 valence electrons. The van der Waals surface area contributed by atoms with E-state index in [0.29, 0.717) is 54.2 Å². The van der Waals surface area contributed by atoms with E-state index in [2.05, 4.69) is 10.3 Å². The molecule has 0 saturated carbocycles. The predicted octanol–water partition coefficient (Wildman–Crippen LogP) is 4.28. The lowest BCUT2D eigenvalue weighted by molar-refractivity contribution is -0.189. The van der Waals surface area contributed by atoms with E-state index in [1.807, 2.05) is 22.5 Å². The number of piperazine rings is 1. The first-order valence-corrected chi connectivity index (χ1v) is 11.1. The third kappa shape index (κ3) is 4.59. The maximum atomic E-state index is 14.1. The van der Waals surface area contributed by atoms with Crippen LogP contribution in [0.3, 0.4) is 0 Å². The molecule has 0 amide bonds. The minimum absolute atomic E-state index is 0.187. The molecule has 2 heterocycles. The van der Waals surface area contributed by atoms with Gasteiger partial charge in [0, 0.05) is 26.2 Å². The summed E-state index contributed by atoms with van der Waals surface area (Å²) < 4.78 is 59.8. The Kier molecular flexibility index (Phi) is 6.53. The topological polar surface area (TPSA) is 59.4 Å². The van der Waals surface area contributed by atoms with Gasteiger partial charge in [0.15, 0.2) is 5.75 Å². The quantitative estimate of drug-likeness (QED) is 0.337. The van der Waals surface area contributed by atoms with Gasteiger partial charge in [0.2, 0.25) is 5.95 Å². The van der Waals surface area contributed by atoms with Gasteiger partial charge in [0.1, 0.15) is 11.3 Å². The first-order chi connectivity index (χ1) is 16.1. The van der Waals surface area contributed by atoms with Crippen molar-refractivity contribution in [2.75, 3.05) is 31.1 Å². The van der Waals surface area contributed by atoms with Gasteiger partial charge in [-0.15, -0.1) is 0 Å². The molecule has 0 aliphatic carbocycles. The van der Waals surface area contributed by atoms with Crippen LogP contribution in [0, 0.1) is 19.7 Å². The summed E-state index contributed by atoms with van der Waals surface area (Å²) in [5.41, 5.74) is 3.23. The lowest BCUT2D eigenvalue weighted by Crippen LogP contribution is -2.44. The maximum absolute atomic E-state index is 14.1. The molecule has 1 aliphatic heterocycles. The van der Waals surface area contributed by atoms with E-state index >= 15 is 0 Å². The number of imidazole rings is 1. The Balaban J connectivity index is 1.89. The summed E-state index contributed by atoms with van der Waals surface area (Å²) in [7, 11) is 0. The third-order valence-electron chi connectivity index (χ3n) is 6.14. The lowest BCUT2D eigenvalue weighted by atomic mass is 10.1. The maximum Gasteiger partial charge on any atom is 0.491 e. The van der Waals surface area contributed by atoms with Crippen LogP contribution in [0.5, 0.6) is 5.75 Å². The molecule has 0 radical (unpaired) electrons. The van der Waals surface area contributed by atoms with E-state index in [0.717, 1.165) is 18.7 Å². The minimum Gasteiger partial charge on any atom is -0.417 e. The summed E-state index contributed by atoms with van der Waals surface area (Å²) in [4.78, 5) is 18.4. The van der Waals surface area contributed by atoms with E-state index in [1.54, 1.807) is 26.0 Å². The molecular weight excluding hydrogens is 452 g/mol. The standard InChI is InChI=1S/C24H26F4N4O2/c1-4-17-12-16(5-6-18(17)25)13-32-19-11-14(2)15(3)21(34-22(33)24(26,27)28)20(19)30-23(32)31-9-7-29-8-10-31/h5-6,11-12,29H,4,7-10,13H2,1-3H3. The number of aryl methyl sites for hydroxylation is 2. The highest BCUT2D eigenvalue weighted by Gasteiger charge is 2.42. The van der Waals surface area contributed by atoms with E-state index in [-0.39, 0.29) is 17.1 Å². The average Bonchev–Trinajstić information content (AvgIpc) is 3.15. The van der Waals surface area contributed by atoms with Crippen LogP contribution in [0.4, 0.5) is 23.5 Å². The fourth-order valence-corrected chi connectivity index (χ4v) is 4.15. The molecule has 0 unspecified atom stereocenters. The van der Waals surface area contributed by atoms with Gasteiger partial charge in [-0.25, -0.2) is 14.2 Å². The number of benzene rings is 2. The van der Waals surface area contributed by atoms with Gasteiger partial charge in [0.25, 0.3) is 0 Å². The van der Waals surface area contributed by atoms with Gasteiger partial charge in [-0.05, 0) is 54.7 Å². The van der Waals surface area contributed by atoms with Gasteiger partial charge in [0.05, 0.1) is 12.1 Å². The molecule has 1 aliphatic rings. The molecule has 0 spiro atoms. The molecule has 4 rings (SSSR count). The summed E-state index contributed by atoms with van der Waals surface area (Å²) >= 11 is 0. The Bertz CT molecular complexity index is 1230. The first kappa shape index (κ1) is 24.0. The van der Waals surface area contributed by atoms with Gasteiger partial charge in [-0.2, -0.15) is 13.2 Å². The Morgan fingerprint density at radius 2 is 1.88 bits per heavy atom. The van der Waals surface area contributed by atoms with Crippen LogP contribution in [0.15, 0.2) is 24.3 Å². The van der Waals surface area contributed by atoms with Crippen molar-refractivity contribution in [2.24, 2.45) is 0 Å². The number of halogens is 4. The Labute approximate surface area is 194 Å². The molecule has 1 N–H and O–H groups in total. The second kappa shape index (κ2) is 9.25. The number of anilines is 1. The number of aromatic nitrogens is 2. The largest absolute Gasteiger partial charge is 0.491 e. The molecule has 6 nitrogen and oxygen atoms in total. The molecule has 34 heavy (non-hydrogen) atoms.